The highest BCUT2D eigenvalue weighted by Crippen LogP contribution is 2.50. The minimum Gasteiger partial charge on any atom is -0.467 e. The third-order valence-electron chi connectivity index (χ3n) is 3.54. The van der Waals surface area contributed by atoms with Crippen molar-refractivity contribution in [2.45, 2.75) is 12.5 Å². The van der Waals surface area contributed by atoms with Crippen LogP contribution in [-0.4, -0.2) is 35.6 Å². The number of aromatic nitrogens is 2. The Morgan fingerprint density at radius 3 is 2.94 bits per heavy atom. The monoisotopic (exact) mass is 287 g/mol. The first kappa shape index (κ1) is 12.0. The van der Waals surface area contributed by atoms with Gasteiger partial charge in [-0.15, -0.1) is 0 Å². The predicted molar refractivity (Wildman–Crippen MR) is 66.8 cm³/mol. The van der Waals surface area contributed by atoms with Crippen LogP contribution in [-0.2, 0) is 9.53 Å². The number of piperidine rings is 1. The van der Waals surface area contributed by atoms with E-state index in [1.165, 1.54) is 7.11 Å². The Bertz CT molecular complexity index is 491. The fraction of sp³-hybridized carbons (Fsp3) is 0.545. The minimum atomic E-state index is -0.276. The Morgan fingerprint density at radius 2 is 2.28 bits per heavy atom. The van der Waals surface area contributed by atoms with Crippen molar-refractivity contribution < 1.29 is 9.53 Å². The summed E-state index contributed by atoms with van der Waals surface area (Å²) in [6.45, 7) is 0.786. The number of carbonyl (C=O) groups excluding carboxylic acids is 1. The zero-order valence-corrected chi connectivity index (χ0v) is 11.1. The number of rotatable bonds is 2. The molecule has 2 heterocycles. The highest BCUT2D eigenvalue weighted by atomic mass is 35.5. The van der Waals surface area contributed by atoms with Gasteiger partial charge in [0, 0.05) is 12.6 Å². The quantitative estimate of drug-likeness (QED) is 0.471. The summed E-state index contributed by atoms with van der Waals surface area (Å²) in [5.41, 5.74) is 0. The number of methoxy groups -OCH3 is 1. The smallest absolute Gasteiger partial charge is 0.328 e. The van der Waals surface area contributed by atoms with Crippen molar-refractivity contribution in [3.8, 4) is 0 Å². The molecule has 18 heavy (non-hydrogen) atoms. The second-order valence-corrected chi connectivity index (χ2v) is 5.32. The zero-order valence-electron chi connectivity index (χ0n) is 9.64. The van der Waals surface area contributed by atoms with Crippen LogP contribution in [0.3, 0.4) is 0 Å². The molecule has 0 spiro atoms. The molecule has 0 amide bonds. The maximum atomic E-state index is 11.8. The first-order valence-electron chi connectivity index (χ1n) is 5.64. The predicted octanol–water partition coefficient (Wildman–Crippen LogP) is 1.78. The Labute approximate surface area is 114 Å². The van der Waals surface area contributed by atoms with Gasteiger partial charge in [0.15, 0.2) is 0 Å². The molecule has 0 N–H and O–H groups in total. The number of ether oxygens (including phenoxy) is 1. The SMILES string of the molecule is COC(=O)C1C2CC2CN1c1cc(Cl)nc(Cl)n1. The number of halogens is 2. The van der Waals surface area contributed by atoms with Crippen LogP contribution in [0, 0.1) is 11.8 Å². The van der Waals surface area contributed by atoms with Gasteiger partial charge in [-0.3, -0.25) is 0 Å². The molecule has 3 rings (SSSR count). The lowest BCUT2D eigenvalue weighted by atomic mass is 10.2. The molecule has 1 aliphatic heterocycles. The standard InChI is InChI=1S/C11H11Cl2N3O2/c1-18-10(17)9-6-2-5(6)4-16(9)8-3-7(12)14-11(13)15-8/h3,5-6,9H,2,4H2,1H3. The summed E-state index contributed by atoms with van der Waals surface area (Å²) in [6, 6.07) is 1.34. The molecule has 1 aliphatic carbocycles. The second-order valence-electron chi connectivity index (χ2n) is 4.60. The van der Waals surface area contributed by atoms with E-state index in [2.05, 4.69) is 9.97 Å². The third kappa shape index (κ3) is 1.91. The summed E-state index contributed by atoms with van der Waals surface area (Å²) in [5, 5.41) is 0.357. The van der Waals surface area contributed by atoms with E-state index in [4.69, 9.17) is 27.9 Å². The molecule has 3 unspecified atom stereocenters. The van der Waals surface area contributed by atoms with E-state index in [0.29, 0.717) is 17.7 Å². The molecular formula is C11H11Cl2N3O2. The van der Waals surface area contributed by atoms with Gasteiger partial charge in [0.25, 0.3) is 0 Å². The van der Waals surface area contributed by atoms with Crippen molar-refractivity contribution in [1.82, 2.24) is 9.97 Å². The summed E-state index contributed by atoms with van der Waals surface area (Å²) in [7, 11) is 1.40. The number of hydrogen-bond acceptors (Lipinski definition) is 5. The molecule has 1 aromatic heterocycles. The molecule has 1 saturated carbocycles. The van der Waals surface area contributed by atoms with Crippen molar-refractivity contribution in [2.24, 2.45) is 11.8 Å². The van der Waals surface area contributed by atoms with Gasteiger partial charge in [-0.1, -0.05) is 11.6 Å². The van der Waals surface area contributed by atoms with Gasteiger partial charge >= 0.3 is 5.97 Å². The highest BCUT2D eigenvalue weighted by molar-refractivity contribution is 6.32. The van der Waals surface area contributed by atoms with Gasteiger partial charge in [0.05, 0.1) is 7.11 Å². The summed E-state index contributed by atoms with van der Waals surface area (Å²) < 4.78 is 4.85. The first-order chi connectivity index (χ1) is 8.60. The van der Waals surface area contributed by atoms with Gasteiger partial charge in [-0.25, -0.2) is 14.8 Å². The maximum absolute atomic E-state index is 11.8. The molecular weight excluding hydrogens is 277 g/mol. The molecule has 5 nitrogen and oxygen atoms in total. The molecule has 0 bridgehead atoms. The highest BCUT2D eigenvalue weighted by Gasteiger charge is 2.56. The van der Waals surface area contributed by atoms with E-state index in [1.54, 1.807) is 6.07 Å². The molecule has 7 heteroatoms. The average Bonchev–Trinajstić information content (AvgIpc) is 2.98. The molecule has 3 atom stereocenters. The van der Waals surface area contributed by atoms with Gasteiger partial charge in [-0.05, 0) is 29.9 Å². The summed E-state index contributed by atoms with van der Waals surface area (Å²) in [5.74, 6) is 1.26. The lowest BCUT2D eigenvalue weighted by Crippen LogP contribution is -2.40. The van der Waals surface area contributed by atoms with E-state index in [1.807, 2.05) is 4.90 Å². The van der Waals surface area contributed by atoms with Crippen LogP contribution in [0.5, 0.6) is 0 Å². The van der Waals surface area contributed by atoms with Crippen molar-refractivity contribution in [1.29, 1.82) is 0 Å². The topological polar surface area (TPSA) is 55.3 Å². The van der Waals surface area contributed by atoms with Crippen molar-refractivity contribution in [3.63, 3.8) is 0 Å². The molecule has 2 fully saturated rings. The summed E-state index contributed by atoms with van der Waals surface area (Å²) in [6.07, 6.45) is 1.07. The summed E-state index contributed by atoms with van der Waals surface area (Å²) >= 11 is 11.6. The molecule has 2 aliphatic rings. The average molecular weight is 288 g/mol. The second kappa shape index (κ2) is 4.24. The molecule has 1 aromatic rings. The van der Waals surface area contributed by atoms with Gasteiger partial charge in [-0.2, -0.15) is 0 Å². The van der Waals surface area contributed by atoms with Gasteiger partial charge in [0.2, 0.25) is 5.28 Å². The number of hydrogen-bond donors (Lipinski definition) is 0. The minimum absolute atomic E-state index is 0.0849. The van der Waals surface area contributed by atoms with Crippen LogP contribution in [0.15, 0.2) is 6.07 Å². The molecule has 0 radical (unpaired) electrons. The van der Waals surface area contributed by atoms with Crippen LogP contribution in [0.2, 0.25) is 10.4 Å². The van der Waals surface area contributed by atoms with E-state index in [-0.39, 0.29) is 22.4 Å². The number of nitrogens with zero attached hydrogens (tertiary/aromatic N) is 3. The fourth-order valence-corrected chi connectivity index (χ4v) is 3.05. The Kier molecular flexibility index (Phi) is 2.83. The van der Waals surface area contributed by atoms with E-state index in [9.17, 15) is 4.79 Å². The third-order valence-corrected chi connectivity index (χ3v) is 3.90. The molecule has 1 saturated heterocycles. The van der Waals surface area contributed by atoms with Crippen LogP contribution in [0.25, 0.3) is 0 Å². The fourth-order valence-electron chi connectivity index (χ4n) is 2.65. The largest absolute Gasteiger partial charge is 0.467 e. The lowest BCUT2D eigenvalue weighted by Gasteiger charge is -2.26. The van der Waals surface area contributed by atoms with Crippen molar-refractivity contribution >= 4 is 35.0 Å². The van der Waals surface area contributed by atoms with Crippen molar-refractivity contribution in [3.05, 3.63) is 16.5 Å². The summed E-state index contributed by atoms with van der Waals surface area (Å²) in [4.78, 5) is 21.7. The zero-order chi connectivity index (χ0) is 12.9. The van der Waals surface area contributed by atoms with E-state index in [0.717, 1.165) is 13.0 Å². The van der Waals surface area contributed by atoms with E-state index < -0.39 is 0 Å². The maximum Gasteiger partial charge on any atom is 0.328 e. The van der Waals surface area contributed by atoms with Crippen molar-refractivity contribution in [2.75, 3.05) is 18.6 Å². The number of fused-ring (bicyclic) bond motifs is 1. The Hall–Kier alpha value is -1.07. The number of carbonyl (C=O) groups is 1. The molecule has 96 valence electrons. The number of anilines is 1. The van der Waals surface area contributed by atoms with Gasteiger partial charge < -0.3 is 9.64 Å². The molecule has 0 aromatic carbocycles. The van der Waals surface area contributed by atoms with Gasteiger partial charge in [0.1, 0.15) is 17.0 Å². The van der Waals surface area contributed by atoms with Crippen LogP contribution in [0.1, 0.15) is 6.42 Å². The lowest BCUT2D eigenvalue weighted by molar-refractivity contribution is -0.142. The van der Waals surface area contributed by atoms with E-state index >= 15 is 0 Å². The Morgan fingerprint density at radius 1 is 1.50 bits per heavy atom. The first-order valence-corrected chi connectivity index (χ1v) is 6.40. The van der Waals surface area contributed by atoms with Crippen LogP contribution < -0.4 is 4.90 Å². The normalized spacial score (nSPS) is 29.1. The number of esters is 1. The van der Waals surface area contributed by atoms with Crippen LogP contribution >= 0.6 is 23.2 Å². The van der Waals surface area contributed by atoms with Crippen LogP contribution in [0.4, 0.5) is 5.82 Å². The Balaban J connectivity index is 1.93.